The Hall–Kier alpha value is -3.52. The number of nitriles is 1. The van der Waals surface area contributed by atoms with E-state index >= 15 is 4.39 Å². The fourth-order valence-electron chi connectivity index (χ4n) is 5.66. The molecule has 5 nitrogen and oxygen atoms in total. The first-order chi connectivity index (χ1) is 20.7. The van der Waals surface area contributed by atoms with Crippen LogP contribution < -0.4 is 15.8 Å². The van der Waals surface area contributed by atoms with E-state index in [2.05, 4.69) is 19.2 Å². The molecule has 1 aliphatic heterocycles. The molecule has 3 rings (SSSR count). The van der Waals surface area contributed by atoms with Crippen molar-refractivity contribution in [1.82, 2.24) is 4.90 Å². The van der Waals surface area contributed by atoms with Crippen LogP contribution in [-0.2, 0) is 10.9 Å². The van der Waals surface area contributed by atoms with Crippen LogP contribution in [0.3, 0.4) is 0 Å². The third-order valence-electron chi connectivity index (χ3n) is 8.00. The van der Waals surface area contributed by atoms with Crippen molar-refractivity contribution in [3.63, 3.8) is 0 Å². The molecule has 1 aliphatic rings. The third kappa shape index (κ3) is 7.06. The van der Waals surface area contributed by atoms with Crippen LogP contribution in [0.15, 0.2) is 35.1 Å². The van der Waals surface area contributed by atoms with Gasteiger partial charge in [0, 0.05) is 34.4 Å². The Balaban J connectivity index is 2.64. The normalized spacial score (nSPS) is 16.3. The van der Waals surface area contributed by atoms with Gasteiger partial charge in [-0.3, -0.25) is 5.41 Å². The topological polar surface area (TPSA) is 72.1 Å². The van der Waals surface area contributed by atoms with Crippen LogP contribution in [0.2, 0.25) is 0 Å². The number of rotatable bonds is 11. The number of allylic oxidation sites excluding steroid dienone is 1. The quantitative estimate of drug-likeness (QED) is 0.194. The number of anilines is 1. The molecule has 0 saturated carbocycles. The number of hydrogen-bond acceptors (Lipinski definition) is 6. The predicted molar refractivity (Wildman–Crippen MR) is 166 cm³/mol. The number of hydrogen-bond donors (Lipinski definition) is 2. The van der Waals surface area contributed by atoms with Crippen LogP contribution in [0.4, 0.5) is 27.6 Å². The molecule has 0 fully saturated rings. The number of ether oxygens (including phenoxy) is 1. The lowest BCUT2D eigenvalue weighted by Gasteiger charge is -2.32. The first-order valence-corrected chi connectivity index (χ1v) is 15.5. The Morgan fingerprint density at radius 2 is 1.89 bits per heavy atom. The standard InChI is InChI=1S/C33H39F5N4OS/c1-8-11-18(4)15-20(10-3)42(6)19(5)22-16-24(33(36,37)38)28(29(35)30(22)41-26(43-7)12-9-2)21-13-14-25(34)31-27(21)23(17-39)32(40)44-31/h12-14,16,18,20,40-41H,8-11,15H2,1-7H3/b22-19+,26-12-,28-21-,40-32?. The first kappa shape index (κ1) is 35.0. The maximum absolute atomic E-state index is 16.9. The average Bonchev–Trinajstić information content (AvgIpc) is 3.32. The fourth-order valence-corrected chi connectivity index (χ4v) is 6.60. The smallest absolute Gasteiger partial charge is 0.417 e. The van der Waals surface area contributed by atoms with Crippen LogP contribution in [0.1, 0.15) is 72.3 Å². The molecule has 0 bridgehead atoms. The molecule has 0 radical (unpaired) electrons. The minimum absolute atomic E-state index is 0.00733. The number of nitrogens with one attached hydrogen (secondary N) is 2. The molecule has 2 aromatic rings. The van der Waals surface area contributed by atoms with Crippen LogP contribution in [0.25, 0.3) is 11.3 Å². The molecule has 2 aromatic carbocycles. The van der Waals surface area contributed by atoms with Crippen molar-refractivity contribution in [3.05, 3.63) is 68.2 Å². The van der Waals surface area contributed by atoms with Gasteiger partial charge in [-0.15, -0.1) is 0 Å². The Bertz CT molecular complexity index is 1710. The van der Waals surface area contributed by atoms with Gasteiger partial charge in [0.05, 0.1) is 28.8 Å². The van der Waals surface area contributed by atoms with Gasteiger partial charge in [-0.25, -0.2) is 8.78 Å². The van der Waals surface area contributed by atoms with Crippen molar-refractivity contribution in [2.24, 2.45) is 5.92 Å². The molecule has 44 heavy (non-hydrogen) atoms. The molecular formula is C33H39F5N4OS. The summed E-state index contributed by atoms with van der Waals surface area (Å²) in [6.45, 7) is 9.76. The van der Waals surface area contributed by atoms with Crippen molar-refractivity contribution in [2.45, 2.75) is 83.8 Å². The second kappa shape index (κ2) is 14.5. The molecule has 0 aliphatic carbocycles. The van der Waals surface area contributed by atoms with Crippen molar-refractivity contribution in [3.8, 4) is 6.07 Å². The Morgan fingerprint density at radius 3 is 2.43 bits per heavy atom. The van der Waals surface area contributed by atoms with Crippen LogP contribution >= 0.6 is 11.8 Å². The van der Waals surface area contributed by atoms with Crippen molar-refractivity contribution < 1.29 is 26.7 Å². The van der Waals surface area contributed by atoms with Gasteiger partial charge in [0.15, 0.2) is 11.7 Å². The average molecular weight is 635 g/mol. The van der Waals surface area contributed by atoms with E-state index in [1.54, 1.807) is 26.1 Å². The lowest BCUT2D eigenvalue weighted by atomic mass is 9.94. The first-order valence-electron chi connectivity index (χ1n) is 14.6. The zero-order chi connectivity index (χ0) is 32.9. The zero-order valence-corrected chi connectivity index (χ0v) is 26.9. The van der Waals surface area contributed by atoms with E-state index in [0.717, 1.165) is 43.9 Å². The summed E-state index contributed by atoms with van der Waals surface area (Å²) in [5, 5.41) is 19.0. The summed E-state index contributed by atoms with van der Waals surface area (Å²) in [6.07, 6.45) is 0.686. The minimum Gasteiger partial charge on any atom is -0.483 e. The molecule has 0 aromatic heterocycles. The third-order valence-corrected chi connectivity index (χ3v) is 9.01. The summed E-state index contributed by atoms with van der Waals surface area (Å²) in [5.41, 5.74) is -1.41. The van der Waals surface area contributed by atoms with Crippen LogP contribution in [0, 0.1) is 44.7 Å². The van der Waals surface area contributed by atoms with E-state index < -0.39 is 28.6 Å². The maximum Gasteiger partial charge on any atom is 0.417 e. The molecule has 0 saturated heterocycles. The predicted octanol–water partition coefficient (Wildman–Crippen LogP) is 8.00. The highest BCUT2D eigenvalue weighted by molar-refractivity contribution is 8.15. The number of fused-ring (bicyclic) bond motifs is 1. The number of alkyl halides is 3. The highest BCUT2D eigenvalue weighted by Gasteiger charge is 2.35. The van der Waals surface area contributed by atoms with Gasteiger partial charge in [0.1, 0.15) is 16.9 Å². The Kier molecular flexibility index (Phi) is 11.5. The van der Waals surface area contributed by atoms with E-state index in [9.17, 15) is 22.8 Å². The molecule has 0 amide bonds. The molecule has 2 N–H and O–H groups in total. The summed E-state index contributed by atoms with van der Waals surface area (Å²) in [6, 6.07) is 4.65. The number of methoxy groups -OCH3 is 1. The number of thioether (sulfide) groups is 1. The van der Waals surface area contributed by atoms with Crippen LogP contribution in [0.5, 0.6) is 0 Å². The van der Waals surface area contributed by atoms with E-state index in [1.165, 1.54) is 7.11 Å². The SMILES string of the molecule is CC/C=C(/Nc1c(F)/c(=c2/ccc(F)c3c2=C(C#N)C(=N)S3)c(C(F)(F)F)c/c1=C(/C)N(C)C(CC)CC(C)CCC)OC. The van der Waals surface area contributed by atoms with E-state index in [0.29, 0.717) is 29.8 Å². The van der Waals surface area contributed by atoms with Gasteiger partial charge in [-0.05, 0) is 55.5 Å². The summed E-state index contributed by atoms with van der Waals surface area (Å²) >= 11 is 0.619. The van der Waals surface area contributed by atoms with Crippen LogP contribution in [-0.4, -0.2) is 30.1 Å². The maximum atomic E-state index is 16.9. The van der Waals surface area contributed by atoms with Crippen molar-refractivity contribution >= 4 is 33.8 Å². The molecular weight excluding hydrogens is 595 g/mol. The van der Waals surface area contributed by atoms with Crippen molar-refractivity contribution in [1.29, 1.82) is 10.7 Å². The van der Waals surface area contributed by atoms with Gasteiger partial charge in [-0.2, -0.15) is 18.4 Å². The Morgan fingerprint density at radius 1 is 1.20 bits per heavy atom. The molecule has 238 valence electrons. The van der Waals surface area contributed by atoms with Crippen molar-refractivity contribution in [2.75, 3.05) is 19.5 Å². The molecule has 0 spiro atoms. The second-order valence-electron chi connectivity index (χ2n) is 10.9. The summed E-state index contributed by atoms with van der Waals surface area (Å²) in [4.78, 5) is 1.71. The summed E-state index contributed by atoms with van der Waals surface area (Å²) in [7, 11) is 3.17. The van der Waals surface area contributed by atoms with Gasteiger partial charge >= 0.3 is 6.18 Å². The zero-order valence-electron chi connectivity index (χ0n) is 26.1. The monoisotopic (exact) mass is 634 g/mol. The van der Waals surface area contributed by atoms with E-state index in [4.69, 9.17) is 10.1 Å². The number of halogens is 5. The van der Waals surface area contributed by atoms with E-state index in [1.807, 2.05) is 18.7 Å². The minimum atomic E-state index is -5.02. The fraction of sp³-hybridized carbons (Fsp3) is 0.455. The summed E-state index contributed by atoms with van der Waals surface area (Å²) < 4.78 is 81.7. The van der Waals surface area contributed by atoms with Gasteiger partial charge in [0.2, 0.25) is 0 Å². The number of nitrogens with zero attached hydrogens (tertiary/aromatic N) is 2. The lowest BCUT2D eigenvalue weighted by Crippen LogP contribution is -2.35. The molecule has 2 atom stereocenters. The molecule has 11 heteroatoms. The van der Waals surface area contributed by atoms with E-state index in [-0.39, 0.29) is 48.8 Å². The van der Waals surface area contributed by atoms with Gasteiger partial charge < -0.3 is 15.0 Å². The largest absolute Gasteiger partial charge is 0.483 e. The lowest BCUT2D eigenvalue weighted by molar-refractivity contribution is -0.138. The van der Waals surface area contributed by atoms with Gasteiger partial charge in [-0.1, -0.05) is 58.4 Å². The second-order valence-corrected chi connectivity index (χ2v) is 12.0. The van der Waals surface area contributed by atoms with Gasteiger partial charge in [0.25, 0.3) is 0 Å². The number of benzene rings is 2. The molecule has 1 heterocycles. The summed E-state index contributed by atoms with van der Waals surface area (Å²) in [5.74, 6) is -1.51. The Labute approximate surface area is 259 Å². The highest BCUT2D eigenvalue weighted by Crippen LogP contribution is 2.34. The highest BCUT2D eigenvalue weighted by atomic mass is 32.2. The molecule has 2 unspecified atom stereocenters.